The van der Waals surface area contributed by atoms with Crippen LogP contribution in [-0.2, 0) is 0 Å². The molecule has 0 unspecified atom stereocenters. The minimum Gasteiger partial charge on any atom is -0.422 e. The summed E-state index contributed by atoms with van der Waals surface area (Å²) in [6.07, 6.45) is 1.80. The number of aromatic nitrogens is 1. The number of fused-ring (bicyclic) bond motifs is 3. The van der Waals surface area contributed by atoms with Crippen LogP contribution in [0.15, 0.2) is 81.3 Å². The summed E-state index contributed by atoms with van der Waals surface area (Å²) in [5.41, 5.74) is 3.53. The van der Waals surface area contributed by atoms with Gasteiger partial charge in [-0.2, -0.15) is 5.26 Å². The van der Waals surface area contributed by atoms with Gasteiger partial charge in [0.15, 0.2) is 0 Å². The smallest absolute Gasteiger partial charge is 0.345 e. The van der Waals surface area contributed by atoms with E-state index in [1.807, 2.05) is 73.7 Å². The summed E-state index contributed by atoms with van der Waals surface area (Å²) in [7, 11) is 0. The molecule has 0 fully saturated rings. The molecule has 0 aliphatic carbocycles. The Kier molecular flexibility index (Phi) is 4.70. The van der Waals surface area contributed by atoms with Gasteiger partial charge < -0.3 is 4.42 Å². The molecular formula is C26H16N2O2S. The molecule has 0 saturated heterocycles. The molecule has 2 aromatic heterocycles. The fraction of sp³-hybridized carbons (Fsp3) is 0.0385. The first kappa shape index (κ1) is 19.0. The molecule has 0 atom stereocenters. The van der Waals surface area contributed by atoms with E-state index in [0.717, 1.165) is 27.3 Å². The molecule has 4 nitrogen and oxygen atoms in total. The molecule has 5 rings (SSSR count). The van der Waals surface area contributed by atoms with Gasteiger partial charge in [-0.3, -0.25) is 0 Å². The molecule has 0 radical (unpaired) electrons. The maximum Gasteiger partial charge on any atom is 0.345 e. The zero-order valence-corrected chi connectivity index (χ0v) is 17.4. The highest BCUT2D eigenvalue weighted by atomic mass is 32.1. The van der Waals surface area contributed by atoms with E-state index in [0.29, 0.717) is 27.4 Å². The summed E-state index contributed by atoms with van der Waals surface area (Å²) < 4.78 is 5.59. The largest absolute Gasteiger partial charge is 0.422 e. The van der Waals surface area contributed by atoms with E-state index in [-0.39, 0.29) is 0 Å². The maximum absolute atomic E-state index is 12.7. The van der Waals surface area contributed by atoms with Crippen LogP contribution in [0.1, 0.15) is 16.1 Å². The lowest BCUT2D eigenvalue weighted by molar-refractivity contribution is 0.563. The Morgan fingerprint density at radius 1 is 1.06 bits per heavy atom. The van der Waals surface area contributed by atoms with Gasteiger partial charge in [-0.1, -0.05) is 60.2 Å². The van der Waals surface area contributed by atoms with E-state index in [2.05, 4.69) is 11.1 Å². The lowest BCUT2D eigenvalue weighted by atomic mass is 10.0. The fourth-order valence-corrected chi connectivity index (χ4v) is 4.33. The summed E-state index contributed by atoms with van der Waals surface area (Å²) in [4.78, 5) is 17.2. The first-order chi connectivity index (χ1) is 15.1. The second kappa shape index (κ2) is 7.67. The number of nitriles is 1. The van der Waals surface area contributed by atoms with Gasteiger partial charge in [-0.15, -0.1) is 11.3 Å². The third-order valence-electron chi connectivity index (χ3n) is 5.16. The number of rotatable bonds is 3. The third kappa shape index (κ3) is 3.54. The monoisotopic (exact) mass is 420 g/mol. The van der Waals surface area contributed by atoms with Crippen LogP contribution in [0.4, 0.5) is 0 Å². The van der Waals surface area contributed by atoms with Crippen LogP contribution in [0.2, 0.25) is 0 Å². The van der Waals surface area contributed by atoms with Crippen LogP contribution < -0.4 is 5.63 Å². The van der Waals surface area contributed by atoms with Crippen molar-refractivity contribution in [2.24, 2.45) is 0 Å². The van der Waals surface area contributed by atoms with Crippen LogP contribution in [0.25, 0.3) is 44.6 Å². The van der Waals surface area contributed by atoms with Crippen molar-refractivity contribution in [2.45, 2.75) is 6.92 Å². The van der Waals surface area contributed by atoms with Gasteiger partial charge in [0.25, 0.3) is 0 Å². The Morgan fingerprint density at radius 2 is 1.87 bits per heavy atom. The van der Waals surface area contributed by atoms with E-state index in [1.165, 1.54) is 11.3 Å². The summed E-state index contributed by atoms with van der Waals surface area (Å²) in [5.74, 6) is 0. The van der Waals surface area contributed by atoms with Crippen molar-refractivity contribution in [3.63, 3.8) is 0 Å². The lowest BCUT2D eigenvalue weighted by Crippen LogP contribution is -2.03. The molecule has 0 spiro atoms. The molecule has 0 aliphatic heterocycles. The number of hydrogen-bond acceptors (Lipinski definition) is 5. The Bertz CT molecular complexity index is 1570. The molecule has 148 valence electrons. The van der Waals surface area contributed by atoms with E-state index in [1.54, 1.807) is 11.5 Å². The number of hydrogen-bond donors (Lipinski definition) is 0. The Morgan fingerprint density at radius 3 is 2.68 bits per heavy atom. The Hall–Kier alpha value is -4.01. The maximum atomic E-state index is 12.7. The van der Waals surface area contributed by atoms with Crippen LogP contribution in [-0.4, -0.2) is 4.98 Å². The van der Waals surface area contributed by atoms with Gasteiger partial charge in [0.2, 0.25) is 0 Å². The first-order valence-corrected chi connectivity index (χ1v) is 10.6. The lowest BCUT2D eigenvalue weighted by Gasteiger charge is -2.04. The summed E-state index contributed by atoms with van der Waals surface area (Å²) in [5, 5.41) is 15.0. The minimum absolute atomic E-state index is 0.388. The topological polar surface area (TPSA) is 66.9 Å². The molecule has 5 heteroatoms. The zero-order valence-electron chi connectivity index (χ0n) is 16.6. The summed E-state index contributed by atoms with van der Waals surface area (Å²) in [6.45, 7) is 2.02. The van der Waals surface area contributed by atoms with Crippen LogP contribution in [0, 0.1) is 18.3 Å². The number of thiazole rings is 1. The highest BCUT2D eigenvalue weighted by Crippen LogP contribution is 2.30. The molecule has 5 aromatic rings. The van der Waals surface area contributed by atoms with Crippen molar-refractivity contribution in [3.05, 3.63) is 98.7 Å². The first-order valence-electron chi connectivity index (χ1n) is 9.73. The molecule has 31 heavy (non-hydrogen) atoms. The number of nitrogens with zero attached hydrogens (tertiary/aromatic N) is 2. The molecular weight excluding hydrogens is 404 g/mol. The van der Waals surface area contributed by atoms with Crippen LogP contribution in [0.3, 0.4) is 0 Å². The van der Waals surface area contributed by atoms with Crippen LogP contribution >= 0.6 is 11.3 Å². The van der Waals surface area contributed by atoms with Crippen LogP contribution in [0.5, 0.6) is 0 Å². The Labute approximate surface area is 182 Å². The number of allylic oxidation sites excluding steroid dienone is 1. The highest BCUT2D eigenvalue weighted by Gasteiger charge is 2.15. The normalized spacial score (nSPS) is 11.7. The number of benzene rings is 3. The molecule has 0 aliphatic rings. The molecule has 2 heterocycles. The molecule has 3 aromatic carbocycles. The van der Waals surface area contributed by atoms with Gasteiger partial charge >= 0.3 is 5.63 Å². The summed E-state index contributed by atoms with van der Waals surface area (Å²) in [6, 6.07) is 23.7. The van der Waals surface area contributed by atoms with E-state index in [9.17, 15) is 10.1 Å². The standard InChI is InChI=1S/C26H16N2O2S/c1-16-6-8-17(9-7-16)12-19(14-27)25-28-23(15-31-25)22-13-21-20-5-3-2-4-18(20)10-11-24(21)30-26(22)29/h2-13,15H,1H3/b19-12-. The van der Waals surface area contributed by atoms with E-state index in [4.69, 9.17) is 4.42 Å². The van der Waals surface area contributed by atoms with Gasteiger partial charge in [-0.25, -0.2) is 9.78 Å². The van der Waals surface area contributed by atoms with Crippen molar-refractivity contribution >= 4 is 44.7 Å². The Balaban J connectivity index is 1.61. The van der Waals surface area contributed by atoms with Crippen molar-refractivity contribution in [1.82, 2.24) is 4.98 Å². The summed E-state index contributed by atoms with van der Waals surface area (Å²) >= 11 is 1.33. The molecule has 0 saturated carbocycles. The van der Waals surface area contributed by atoms with Gasteiger partial charge in [-0.05, 0) is 41.5 Å². The third-order valence-corrected chi connectivity index (χ3v) is 6.04. The average molecular weight is 420 g/mol. The quantitative estimate of drug-likeness (QED) is 0.191. The average Bonchev–Trinajstić information content (AvgIpc) is 3.28. The number of aryl methyl sites for hydroxylation is 1. The fourth-order valence-electron chi connectivity index (χ4n) is 3.54. The zero-order chi connectivity index (χ0) is 21.4. The van der Waals surface area contributed by atoms with Crippen molar-refractivity contribution in [1.29, 1.82) is 5.26 Å². The van der Waals surface area contributed by atoms with Gasteiger partial charge in [0.05, 0.1) is 16.8 Å². The predicted octanol–water partition coefficient (Wildman–Crippen LogP) is 6.44. The molecule has 0 N–H and O–H groups in total. The minimum atomic E-state index is -0.444. The molecule has 0 amide bonds. The van der Waals surface area contributed by atoms with Crippen molar-refractivity contribution in [3.8, 4) is 17.3 Å². The van der Waals surface area contributed by atoms with Gasteiger partial charge in [0, 0.05) is 10.8 Å². The van der Waals surface area contributed by atoms with E-state index >= 15 is 0 Å². The second-order valence-corrected chi connectivity index (χ2v) is 8.12. The second-order valence-electron chi connectivity index (χ2n) is 7.26. The van der Waals surface area contributed by atoms with E-state index < -0.39 is 5.63 Å². The van der Waals surface area contributed by atoms with Crippen molar-refractivity contribution < 1.29 is 4.42 Å². The van der Waals surface area contributed by atoms with Crippen molar-refractivity contribution in [2.75, 3.05) is 0 Å². The highest BCUT2D eigenvalue weighted by molar-refractivity contribution is 7.11. The SMILES string of the molecule is Cc1ccc(/C=C(/C#N)c2nc(-c3cc4c(ccc5ccccc54)oc3=O)cs2)cc1. The molecule has 0 bridgehead atoms. The van der Waals surface area contributed by atoms with Gasteiger partial charge in [0.1, 0.15) is 16.7 Å². The predicted molar refractivity (Wildman–Crippen MR) is 126 cm³/mol.